The smallest absolute Gasteiger partial charge is 0.204 e. The summed E-state index contributed by atoms with van der Waals surface area (Å²) in [4.78, 5) is 0. The fourth-order valence-electron chi connectivity index (χ4n) is 1.93. The van der Waals surface area contributed by atoms with Gasteiger partial charge in [0.2, 0.25) is 5.58 Å². The molecule has 106 valence electrons. The number of fused-ring (bicyclic) bond motifs is 1. The molecule has 0 saturated carbocycles. The van der Waals surface area contributed by atoms with Crippen LogP contribution in [0.25, 0.3) is 11.0 Å². The van der Waals surface area contributed by atoms with Crippen LogP contribution in [0.1, 0.15) is 5.56 Å². The minimum absolute atomic E-state index is 0.109. The Labute approximate surface area is 125 Å². The van der Waals surface area contributed by atoms with Crippen LogP contribution in [0.15, 0.2) is 47.0 Å². The van der Waals surface area contributed by atoms with Crippen LogP contribution in [0.2, 0.25) is 0 Å². The van der Waals surface area contributed by atoms with Crippen molar-refractivity contribution in [1.82, 2.24) is 5.16 Å². The highest BCUT2D eigenvalue weighted by atomic mass is 32.1. The number of aromatic nitrogens is 1. The zero-order chi connectivity index (χ0) is 14.8. The van der Waals surface area contributed by atoms with Crippen molar-refractivity contribution in [3.63, 3.8) is 0 Å². The van der Waals surface area contributed by atoms with E-state index in [9.17, 15) is 4.39 Å². The van der Waals surface area contributed by atoms with Crippen LogP contribution < -0.4 is 10.6 Å². The second-order valence-corrected chi connectivity index (χ2v) is 5.00. The first kappa shape index (κ1) is 13.5. The minimum Gasteiger partial charge on any atom is -0.351 e. The Kier molecular flexibility index (Phi) is 3.53. The summed E-state index contributed by atoms with van der Waals surface area (Å²) in [5.41, 5.74) is 2.13. The average molecular weight is 301 g/mol. The van der Waals surface area contributed by atoms with Crippen molar-refractivity contribution in [1.29, 1.82) is 0 Å². The lowest BCUT2D eigenvalue weighted by atomic mass is 10.2. The number of para-hydroxylation sites is 1. The van der Waals surface area contributed by atoms with Crippen molar-refractivity contribution in [2.75, 3.05) is 10.6 Å². The standard InChI is InChI=1S/C15H12FN3OS/c1-9-5-7-10(8-6-9)17-15(21)18-14-11-3-2-4-12(16)13(11)20-19-14/h2-8H,1H3,(H2,17,18,19,21). The van der Waals surface area contributed by atoms with Gasteiger partial charge >= 0.3 is 0 Å². The van der Waals surface area contributed by atoms with Gasteiger partial charge < -0.3 is 15.2 Å². The summed E-state index contributed by atoms with van der Waals surface area (Å²) in [5.74, 6) is -0.0698. The summed E-state index contributed by atoms with van der Waals surface area (Å²) >= 11 is 5.22. The highest BCUT2D eigenvalue weighted by Gasteiger charge is 2.12. The SMILES string of the molecule is Cc1ccc(NC(=S)Nc2noc3c(F)cccc23)cc1. The lowest BCUT2D eigenvalue weighted by Gasteiger charge is -2.08. The maximum Gasteiger partial charge on any atom is 0.204 e. The average Bonchev–Trinajstić information content (AvgIpc) is 2.86. The molecule has 0 fully saturated rings. The van der Waals surface area contributed by atoms with Crippen LogP contribution >= 0.6 is 12.2 Å². The number of nitrogens with zero attached hydrogens (tertiary/aromatic N) is 1. The normalized spacial score (nSPS) is 10.6. The molecule has 0 atom stereocenters. The van der Waals surface area contributed by atoms with E-state index in [1.165, 1.54) is 6.07 Å². The summed E-state index contributed by atoms with van der Waals surface area (Å²) in [7, 11) is 0. The molecular weight excluding hydrogens is 289 g/mol. The van der Waals surface area contributed by atoms with Crippen molar-refractivity contribution in [2.45, 2.75) is 6.92 Å². The van der Waals surface area contributed by atoms with Gasteiger partial charge in [-0.3, -0.25) is 0 Å². The third kappa shape index (κ3) is 2.85. The lowest BCUT2D eigenvalue weighted by molar-refractivity contribution is 0.444. The Bertz CT molecular complexity index is 798. The van der Waals surface area contributed by atoms with Crippen LogP contribution in [0, 0.1) is 12.7 Å². The van der Waals surface area contributed by atoms with Crippen molar-refractivity contribution in [3.8, 4) is 0 Å². The molecule has 1 aromatic heterocycles. The zero-order valence-electron chi connectivity index (χ0n) is 11.2. The molecule has 0 spiro atoms. The van der Waals surface area contributed by atoms with Gasteiger partial charge in [-0.15, -0.1) is 0 Å². The summed E-state index contributed by atoms with van der Waals surface area (Å²) in [6, 6.07) is 12.4. The number of aryl methyl sites for hydroxylation is 1. The van der Waals surface area contributed by atoms with Crippen LogP contribution in [-0.4, -0.2) is 10.3 Å². The van der Waals surface area contributed by atoms with E-state index in [1.54, 1.807) is 12.1 Å². The summed E-state index contributed by atoms with van der Waals surface area (Å²) < 4.78 is 18.5. The number of benzene rings is 2. The summed E-state index contributed by atoms with van der Waals surface area (Å²) in [5, 5.41) is 10.6. The molecule has 2 aromatic carbocycles. The van der Waals surface area contributed by atoms with Gasteiger partial charge in [0.25, 0.3) is 0 Å². The number of hydrogen-bond acceptors (Lipinski definition) is 3. The number of nitrogens with one attached hydrogen (secondary N) is 2. The van der Waals surface area contributed by atoms with Crippen LogP contribution in [-0.2, 0) is 0 Å². The highest BCUT2D eigenvalue weighted by molar-refractivity contribution is 7.80. The second kappa shape index (κ2) is 5.49. The molecule has 0 amide bonds. The first-order valence-electron chi connectivity index (χ1n) is 6.32. The van der Waals surface area contributed by atoms with Gasteiger partial charge in [-0.05, 0) is 43.4 Å². The molecule has 6 heteroatoms. The number of anilines is 2. The molecule has 21 heavy (non-hydrogen) atoms. The molecule has 3 aromatic rings. The van der Waals surface area contributed by atoms with Gasteiger partial charge in [0.1, 0.15) is 0 Å². The molecule has 2 N–H and O–H groups in total. The van der Waals surface area contributed by atoms with E-state index in [0.717, 1.165) is 11.3 Å². The van der Waals surface area contributed by atoms with E-state index >= 15 is 0 Å². The monoisotopic (exact) mass is 301 g/mol. The van der Waals surface area contributed by atoms with E-state index < -0.39 is 5.82 Å². The topological polar surface area (TPSA) is 50.1 Å². The highest BCUT2D eigenvalue weighted by Crippen LogP contribution is 2.24. The Morgan fingerprint density at radius 2 is 1.90 bits per heavy atom. The van der Waals surface area contributed by atoms with Crippen molar-refractivity contribution in [3.05, 3.63) is 53.8 Å². The van der Waals surface area contributed by atoms with Crippen molar-refractivity contribution < 1.29 is 8.91 Å². The molecule has 1 heterocycles. The van der Waals surface area contributed by atoms with Crippen LogP contribution in [0.5, 0.6) is 0 Å². The van der Waals surface area contributed by atoms with Crippen LogP contribution in [0.4, 0.5) is 15.9 Å². The number of rotatable bonds is 2. The third-order valence-corrected chi connectivity index (χ3v) is 3.20. The van der Waals surface area contributed by atoms with Crippen LogP contribution in [0.3, 0.4) is 0 Å². The molecule has 0 unspecified atom stereocenters. The van der Waals surface area contributed by atoms with Gasteiger partial charge in [-0.25, -0.2) is 4.39 Å². The van der Waals surface area contributed by atoms with Gasteiger partial charge in [0, 0.05) is 5.69 Å². The maximum absolute atomic E-state index is 13.5. The van der Waals surface area contributed by atoms with Crippen molar-refractivity contribution in [2.24, 2.45) is 0 Å². The molecule has 0 saturated heterocycles. The molecule has 0 radical (unpaired) electrons. The van der Waals surface area contributed by atoms with E-state index in [4.69, 9.17) is 16.7 Å². The van der Waals surface area contributed by atoms with E-state index in [1.807, 2.05) is 31.2 Å². The number of thiocarbonyl (C=S) groups is 1. The van der Waals surface area contributed by atoms with E-state index in [-0.39, 0.29) is 5.58 Å². The Hall–Kier alpha value is -2.47. The summed E-state index contributed by atoms with van der Waals surface area (Å²) in [6.07, 6.45) is 0. The fourth-order valence-corrected chi connectivity index (χ4v) is 2.14. The van der Waals surface area contributed by atoms with Crippen molar-refractivity contribution >= 4 is 39.8 Å². The molecule has 0 aliphatic carbocycles. The zero-order valence-corrected chi connectivity index (χ0v) is 12.0. The van der Waals surface area contributed by atoms with E-state index in [0.29, 0.717) is 16.3 Å². The predicted octanol–water partition coefficient (Wildman–Crippen LogP) is 4.08. The van der Waals surface area contributed by atoms with Gasteiger partial charge in [-0.1, -0.05) is 28.9 Å². The molecule has 0 aliphatic heterocycles. The number of halogens is 1. The molecule has 0 bridgehead atoms. The Balaban J connectivity index is 1.77. The summed E-state index contributed by atoms with van der Waals surface area (Å²) in [6.45, 7) is 2.01. The third-order valence-electron chi connectivity index (χ3n) is 2.99. The number of hydrogen-bond donors (Lipinski definition) is 2. The fraction of sp³-hybridized carbons (Fsp3) is 0.0667. The Morgan fingerprint density at radius 1 is 1.14 bits per heavy atom. The molecule has 4 nitrogen and oxygen atoms in total. The molecular formula is C15H12FN3OS. The Morgan fingerprint density at radius 3 is 2.67 bits per heavy atom. The lowest BCUT2D eigenvalue weighted by Crippen LogP contribution is -2.19. The quantitative estimate of drug-likeness (QED) is 0.698. The van der Waals surface area contributed by atoms with Gasteiger partial charge in [-0.2, -0.15) is 0 Å². The maximum atomic E-state index is 13.5. The molecule has 3 rings (SSSR count). The predicted molar refractivity (Wildman–Crippen MR) is 85.0 cm³/mol. The first-order chi connectivity index (χ1) is 10.1. The second-order valence-electron chi connectivity index (χ2n) is 4.59. The minimum atomic E-state index is -0.453. The van der Waals surface area contributed by atoms with E-state index in [2.05, 4.69) is 15.8 Å². The first-order valence-corrected chi connectivity index (χ1v) is 6.73. The largest absolute Gasteiger partial charge is 0.351 e. The van der Waals surface area contributed by atoms with Gasteiger partial charge in [0.05, 0.1) is 5.39 Å². The molecule has 0 aliphatic rings. The van der Waals surface area contributed by atoms with Gasteiger partial charge in [0.15, 0.2) is 16.7 Å².